The fourth-order valence-electron chi connectivity index (χ4n) is 2.41. The summed E-state index contributed by atoms with van der Waals surface area (Å²) in [4.78, 5) is 12.3. The summed E-state index contributed by atoms with van der Waals surface area (Å²) in [7, 11) is -1.91. The summed E-state index contributed by atoms with van der Waals surface area (Å²) < 4.78 is 53.4. The molecule has 3 nitrogen and oxygen atoms in total. The average Bonchev–Trinajstić information content (AvgIpc) is 2.71. The Morgan fingerprint density at radius 1 is 1.23 bits per heavy atom. The fourth-order valence-corrected chi connectivity index (χ4v) is 3.29. The van der Waals surface area contributed by atoms with Gasteiger partial charge >= 0.3 is 6.18 Å². The molecule has 122 valence electrons. The third kappa shape index (κ3) is 3.41. The number of carbonyl (C=O) groups excluding carboxylic acids is 1. The molecule has 1 N–H and O–H groups in total. The largest absolute Gasteiger partial charge is 0.405 e. The van der Waals surface area contributed by atoms with Crippen LogP contribution in [-0.2, 0) is 17.4 Å². The van der Waals surface area contributed by atoms with Crippen LogP contribution in [0, 0.1) is 5.92 Å². The molecule has 0 bridgehead atoms. The molecule has 3 atom stereocenters. The van der Waals surface area contributed by atoms with E-state index < -0.39 is 39.7 Å². The second kappa shape index (κ2) is 5.77. The van der Waals surface area contributed by atoms with Crippen LogP contribution >= 0.6 is 0 Å². The summed E-state index contributed by atoms with van der Waals surface area (Å²) in [5, 5.41) is 0. The maximum atomic E-state index is 13.4. The SMILES string of the molecule is CC(C)(C)S(=O)NC(C1Cc2ccccc2C1=O)C(F)(F)F. The predicted octanol–water partition coefficient (Wildman–Crippen LogP) is 3.02. The zero-order chi connectivity index (χ0) is 16.7. The maximum Gasteiger partial charge on any atom is 0.405 e. The normalized spacial score (nSPS) is 21.5. The molecule has 1 aromatic carbocycles. The third-order valence-electron chi connectivity index (χ3n) is 3.60. The first-order valence-corrected chi connectivity index (χ1v) is 8.03. The van der Waals surface area contributed by atoms with Crippen molar-refractivity contribution in [1.82, 2.24) is 4.72 Å². The Labute approximate surface area is 129 Å². The highest BCUT2D eigenvalue weighted by atomic mass is 32.2. The summed E-state index contributed by atoms with van der Waals surface area (Å²) in [6.45, 7) is 4.73. The number of hydrogen-bond donors (Lipinski definition) is 1. The van der Waals surface area contributed by atoms with E-state index in [-0.39, 0.29) is 6.42 Å². The first-order valence-electron chi connectivity index (χ1n) is 6.88. The van der Waals surface area contributed by atoms with Gasteiger partial charge in [0.25, 0.3) is 0 Å². The van der Waals surface area contributed by atoms with Crippen LogP contribution in [0.4, 0.5) is 13.2 Å². The zero-order valence-electron chi connectivity index (χ0n) is 12.5. The van der Waals surface area contributed by atoms with Gasteiger partial charge in [-0.05, 0) is 32.8 Å². The molecule has 1 aliphatic carbocycles. The summed E-state index contributed by atoms with van der Waals surface area (Å²) in [6.07, 6.45) is -4.64. The van der Waals surface area contributed by atoms with E-state index in [1.807, 2.05) is 0 Å². The van der Waals surface area contributed by atoms with E-state index >= 15 is 0 Å². The van der Waals surface area contributed by atoms with Crippen LogP contribution in [0.2, 0.25) is 0 Å². The molecule has 1 aliphatic rings. The van der Waals surface area contributed by atoms with Crippen molar-refractivity contribution in [3.63, 3.8) is 0 Å². The number of nitrogens with one attached hydrogen (secondary N) is 1. The van der Waals surface area contributed by atoms with E-state index in [2.05, 4.69) is 4.72 Å². The lowest BCUT2D eigenvalue weighted by molar-refractivity contribution is -0.158. The highest BCUT2D eigenvalue weighted by Gasteiger charge is 2.51. The Bertz CT molecular complexity index is 608. The van der Waals surface area contributed by atoms with Crippen molar-refractivity contribution in [3.8, 4) is 0 Å². The standard InChI is InChI=1S/C15H18F3NO2S/c1-14(2,3)22(21)19-13(15(16,17)18)11-8-9-6-4-5-7-10(9)12(11)20/h4-7,11,13,19H,8H2,1-3H3. The molecule has 1 aromatic rings. The molecule has 0 heterocycles. The van der Waals surface area contributed by atoms with E-state index in [9.17, 15) is 22.2 Å². The predicted molar refractivity (Wildman–Crippen MR) is 78.8 cm³/mol. The first kappa shape index (κ1) is 17.1. The lowest BCUT2D eigenvalue weighted by Gasteiger charge is -2.29. The van der Waals surface area contributed by atoms with Crippen LogP contribution in [0.1, 0.15) is 36.7 Å². The van der Waals surface area contributed by atoms with E-state index in [0.29, 0.717) is 11.1 Å². The van der Waals surface area contributed by atoms with Gasteiger partial charge in [-0.2, -0.15) is 13.2 Å². The topological polar surface area (TPSA) is 46.2 Å². The molecule has 0 spiro atoms. The van der Waals surface area contributed by atoms with Gasteiger partial charge in [-0.1, -0.05) is 24.3 Å². The monoisotopic (exact) mass is 333 g/mol. The van der Waals surface area contributed by atoms with Crippen molar-refractivity contribution in [3.05, 3.63) is 35.4 Å². The van der Waals surface area contributed by atoms with Gasteiger partial charge in [0.05, 0.1) is 21.7 Å². The van der Waals surface area contributed by atoms with Crippen molar-refractivity contribution >= 4 is 16.8 Å². The van der Waals surface area contributed by atoms with Crippen LogP contribution in [0.15, 0.2) is 24.3 Å². The van der Waals surface area contributed by atoms with Gasteiger partial charge < -0.3 is 0 Å². The number of hydrogen-bond acceptors (Lipinski definition) is 2. The van der Waals surface area contributed by atoms with Gasteiger partial charge in [0.15, 0.2) is 5.78 Å². The fraction of sp³-hybridized carbons (Fsp3) is 0.533. The van der Waals surface area contributed by atoms with Crippen LogP contribution < -0.4 is 4.72 Å². The molecule has 0 amide bonds. The van der Waals surface area contributed by atoms with Crippen molar-refractivity contribution < 1.29 is 22.2 Å². The second-order valence-electron chi connectivity index (χ2n) is 6.35. The Morgan fingerprint density at radius 2 is 1.82 bits per heavy atom. The van der Waals surface area contributed by atoms with Gasteiger partial charge in [-0.25, -0.2) is 8.93 Å². The van der Waals surface area contributed by atoms with Crippen molar-refractivity contribution in [1.29, 1.82) is 0 Å². The summed E-state index contributed by atoms with van der Waals surface area (Å²) in [6, 6.07) is 4.39. The minimum Gasteiger partial charge on any atom is -0.294 e. The molecular formula is C15H18F3NO2S. The van der Waals surface area contributed by atoms with E-state index in [0.717, 1.165) is 0 Å². The molecule has 0 radical (unpaired) electrons. The zero-order valence-corrected chi connectivity index (χ0v) is 13.3. The van der Waals surface area contributed by atoms with Crippen LogP contribution in [0.25, 0.3) is 0 Å². The molecule has 0 saturated carbocycles. The van der Waals surface area contributed by atoms with Gasteiger partial charge in [0, 0.05) is 5.56 Å². The molecule has 7 heteroatoms. The van der Waals surface area contributed by atoms with E-state index in [1.54, 1.807) is 39.0 Å². The number of ketones is 1. The van der Waals surface area contributed by atoms with Gasteiger partial charge in [0.2, 0.25) is 0 Å². The Hall–Kier alpha value is -1.21. The highest BCUT2D eigenvalue weighted by Crippen LogP contribution is 2.36. The number of benzene rings is 1. The molecule has 0 aliphatic heterocycles. The van der Waals surface area contributed by atoms with Crippen LogP contribution in [0.5, 0.6) is 0 Å². The van der Waals surface area contributed by atoms with E-state index in [1.165, 1.54) is 6.07 Å². The first-order chi connectivity index (χ1) is 10.0. The summed E-state index contributed by atoms with van der Waals surface area (Å²) in [5.41, 5.74) is 0.931. The molecule has 0 fully saturated rings. The number of fused-ring (bicyclic) bond motifs is 1. The second-order valence-corrected chi connectivity index (χ2v) is 8.35. The molecule has 0 aromatic heterocycles. The molecular weight excluding hydrogens is 315 g/mol. The van der Waals surface area contributed by atoms with Gasteiger partial charge in [-0.15, -0.1) is 0 Å². The lowest BCUT2D eigenvalue weighted by Crippen LogP contribution is -2.53. The maximum absolute atomic E-state index is 13.4. The van der Waals surface area contributed by atoms with Crippen LogP contribution in [0.3, 0.4) is 0 Å². The van der Waals surface area contributed by atoms with E-state index in [4.69, 9.17) is 0 Å². The molecule has 2 rings (SSSR count). The van der Waals surface area contributed by atoms with Crippen LogP contribution in [-0.4, -0.2) is 27.0 Å². The van der Waals surface area contributed by atoms with Gasteiger partial charge in [-0.3, -0.25) is 4.79 Å². The molecule has 3 unspecified atom stereocenters. The quantitative estimate of drug-likeness (QED) is 0.924. The van der Waals surface area contributed by atoms with Gasteiger partial charge in [0.1, 0.15) is 6.04 Å². The lowest BCUT2D eigenvalue weighted by atomic mass is 9.96. The number of Topliss-reactive ketones (excluding diaryl/α,β-unsaturated/α-hetero) is 1. The minimum absolute atomic E-state index is 0.00747. The Kier molecular flexibility index (Phi) is 4.50. The smallest absolute Gasteiger partial charge is 0.294 e. The van der Waals surface area contributed by atoms with Crippen molar-refractivity contribution in [2.75, 3.05) is 0 Å². The number of rotatable bonds is 3. The Morgan fingerprint density at radius 3 is 2.32 bits per heavy atom. The van der Waals surface area contributed by atoms with Crippen molar-refractivity contribution in [2.45, 2.75) is 44.2 Å². The Balaban J connectivity index is 2.30. The number of carbonyl (C=O) groups is 1. The highest BCUT2D eigenvalue weighted by molar-refractivity contribution is 7.84. The summed E-state index contributed by atoms with van der Waals surface area (Å²) in [5.74, 6) is -1.82. The number of alkyl halides is 3. The number of halogens is 3. The third-order valence-corrected chi connectivity index (χ3v) is 5.19. The minimum atomic E-state index is -4.65. The molecule has 22 heavy (non-hydrogen) atoms. The van der Waals surface area contributed by atoms with Crippen molar-refractivity contribution in [2.24, 2.45) is 5.92 Å². The summed E-state index contributed by atoms with van der Waals surface area (Å²) >= 11 is 0. The molecule has 0 saturated heterocycles. The average molecular weight is 333 g/mol.